The lowest BCUT2D eigenvalue weighted by Gasteiger charge is -2.08. The molecule has 1 aromatic heterocycles. The standard InChI is InChI=1S/C22H25BrN2O2/c1-3-6-22(26)24-12-11-16-14-25(15-17-7-4-5-8-20(17)23)21-10-9-18(27-2)13-19(16)21/h4-5,7-10,13-14H,3,6,11-12,15H2,1-2H3,(H,24,26). The predicted octanol–water partition coefficient (Wildman–Crippen LogP) is 4.92. The summed E-state index contributed by atoms with van der Waals surface area (Å²) in [6.07, 6.45) is 4.43. The van der Waals surface area contributed by atoms with Crippen LogP contribution in [0.2, 0.25) is 0 Å². The first kappa shape index (κ1) is 19.5. The van der Waals surface area contributed by atoms with Crippen LogP contribution >= 0.6 is 15.9 Å². The number of benzene rings is 2. The minimum absolute atomic E-state index is 0.118. The Morgan fingerprint density at radius 3 is 2.74 bits per heavy atom. The average Bonchev–Trinajstić information content (AvgIpc) is 3.00. The summed E-state index contributed by atoms with van der Waals surface area (Å²) in [5.41, 5.74) is 3.61. The van der Waals surface area contributed by atoms with Gasteiger partial charge in [0.15, 0.2) is 0 Å². The highest BCUT2D eigenvalue weighted by molar-refractivity contribution is 9.10. The van der Waals surface area contributed by atoms with E-state index in [4.69, 9.17) is 4.74 Å². The molecule has 0 unspecified atom stereocenters. The van der Waals surface area contributed by atoms with Gasteiger partial charge in [-0.2, -0.15) is 0 Å². The summed E-state index contributed by atoms with van der Waals surface area (Å²) >= 11 is 3.64. The molecule has 0 aliphatic rings. The zero-order valence-electron chi connectivity index (χ0n) is 15.8. The maximum Gasteiger partial charge on any atom is 0.219 e. The monoisotopic (exact) mass is 428 g/mol. The first-order chi connectivity index (χ1) is 13.1. The van der Waals surface area contributed by atoms with Gasteiger partial charge in [-0.15, -0.1) is 0 Å². The van der Waals surface area contributed by atoms with E-state index in [1.165, 1.54) is 22.0 Å². The van der Waals surface area contributed by atoms with Gasteiger partial charge >= 0.3 is 0 Å². The Labute approximate surface area is 168 Å². The second kappa shape index (κ2) is 9.09. The molecular weight excluding hydrogens is 404 g/mol. The molecule has 5 heteroatoms. The summed E-state index contributed by atoms with van der Waals surface area (Å²) in [6.45, 7) is 3.44. The molecule has 2 aromatic carbocycles. The zero-order chi connectivity index (χ0) is 19.2. The van der Waals surface area contributed by atoms with Crippen molar-refractivity contribution < 1.29 is 9.53 Å². The Balaban J connectivity index is 1.88. The number of methoxy groups -OCH3 is 1. The molecule has 1 heterocycles. The number of hydrogen-bond acceptors (Lipinski definition) is 2. The minimum Gasteiger partial charge on any atom is -0.497 e. The fourth-order valence-electron chi connectivity index (χ4n) is 3.27. The van der Waals surface area contributed by atoms with Gasteiger partial charge in [0, 0.05) is 41.1 Å². The number of ether oxygens (including phenoxy) is 1. The van der Waals surface area contributed by atoms with Gasteiger partial charge in [0.25, 0.3) is 0 Å². The maximum atomic E-state index is 11.7. The summed E-state index contributed by atoms with van der Waals surface area (Å²) in [7, 11) is 1.68. The maximum absolute atomic E-state index is 11.7. The first-order valence-electron chi connectivity index (χ1n) is 9.28. The molecule has 4 nitrogen and oxygen atoms in total. The number of rotatable bonds is 8. The molecule has 142 valence electrons. The summed E-state index contributed by atoms with van der Waals surface area (Å²) < 4.78 is 8.78. The van der Waals surface area contributed by atoms with Crippen LogP contribution in [0.4, 0.5) is 0 Å². The number of hydrogen-bond donors (Lipinski definition) is 1. The van der Waals surface area contributed by atoms with E-state index in [1.54, 1.807) is 7.11 Å². The lowest BCUT2D eigenvalue weighted by molar-refractivity contribution is -0.121. The second-order valence-electron chi connectivity index (χ2n) is 6.61. The highest BCUT2D eigenvalue weighted by Crippen LogP contribution is 2.28. The number of carbonyl (C=O) groups is 1. The molecule has 1 amide bonds. The van der Waals surface area contributed by atoms with E-state index in [9.17, 15) is 4.79 Å². The molecule has 0 aliphatic heterocycles. The molecule has 0 fully saturated rings. The van der Waals surface area contributed by atoms with Crippen LogP contribution in [-0.4, -0.2) is 24.1 Å². The van der Waals surface area contributed by atoms with Gasteiger partial charge in [0.1, 0.15) is 5.75 Å². The molecule has 0 atom stereocenters. The third kappa shape index (κ3) is 4.72. The Morgan fingerprint density at radius 1 is 1.19 bits per heavy atom. The number of amides is 1. The van der Waals surface area contributed by atoms with E-state index in [-0.39, 0.29) is 5.91 Å². The van der Waals surface area contributed by atoms with Crippen molar-refractivity contribution in [2.24, 2.45) is 0 Å². The molecule has 0 saturated carbocycles. The number of fused-ring (bicyclic) bond motifs is 1. The van der Waals surface area contributed by atoms with E-state index in [2.05, 4.69) is 62.3 Å². The van der Waals surface area contributed by atoms with Crippen LogP contribution in [0.15, 0.2) is 53.1 Å². The highest BCUT2D eigenvalue weighted by Gasteiger charge is 2.11. The summed E-state index contributed by atoms with van der Waals surface area (Å²) in [5, 5.41) is 4.18. The Hall–Kier alpha value is -2.27. The van der Waals surface area contributed by atoms with E-state index >= 15 is 0 Å². The number of nitrogens with one attached hydrogen (secondary N) is 1. The lowest BCUT2D eigenvalue weighted by Crippen LogP contribution is -2.25. The number of aromatic nitrogens is 1. The van der Waals surface area contributed by atoms with Crippen LogP contribution in [0.5, 0.6) is 5.75 Å². The Kier molecular flexibility index (Phi) is 6.56. The smallest absolute Gasteiger partial charge is 0.219 e. The molecule has 0 bridgehead atoms. The Bertz CT molecular complexity index is 933. The van der Waals surface area contributed by atoms with Crippen molar-refractivity contribution in [1.29, 1.82) is 0 Å². The highest BCUT2D eigenvalue weighted by atomic mass is 79.9. The van der Waals surface area contributed by atoms with Gasteiger partial charge in [0.2, 0.25) is 5.91 Å². The van der Waals surface area contributed by atoms with Crippen molar-refractivity contribution in [3.05, 3.63) is 64.3 Å². The van der Waals surface area contributed by atoms with Crippen LogP contribution in [0.1, 0.15) is 30.9 Å². The average molecular weight is 429 g/mol. The van der Waals surface area contributed by atoms with E-state index in [0.29, 0.717) is 13.0 Å². The van der Waals surface area contributed by atoms with Gasteiger partial charge in [-0.1, -0.05) is 41.1 Å². The number of halogens is 1. The second-order valence-corrected chi connectivity index (χ2v) is 7.46. The molecule has 0 aliphatic carbocycles. The predicted molar refractivity (Wildman–Crippen MR) is 113 cm³/mol. The number of carbonyl (C=O) groups excluding carboxylic acids is 1. The molecule has 0 spiro atoms. The molecule has 1 N–H and O–H groups in total. The van der Waals surface area contributed by atoms with Crippen LogP contribution in [0.25, 0.3) is 10.9 Å². The summed E-state index contributed by atoms with van der Waals surface area (Å²) in [6, 6.07) is 14.4. The van der Waals surface area contributed by atoms with Crippen molar-refractivity contribution in [1.82, 2.24) is 9.88 Å². The van der Waals surface area contributed by atoms with Crippen molar-refractivity contribution >= 4 is 32.7 Å². The topological polar surface area (TPSA) is 43.3 Å². The van der Waals surface area contributed by atoms with Gasteiger partial charge in [-0.05, 0) is 48.2 Å². The van der Waals surface area contributed by atoms with Crippen LogP contribution in [0, 0.1) is 0 Å². The number of nitrogens with zero attached hydrogens (tertiary/aromatic N) is 1. The van der Waals surface area contributed by atoms with Crippen molar-refractivity contribution in [3.8, 4) is 5.75 Å². The zero-order valence-corrected chi connectivity index (χ0v) is 17.4. The molecule has 0 saturated heterocycles. The lowest BCUT2D eigenvalue weighted by atomic mass is 10.1. The normalized spacial score (nSPS) is 10.9. The minimum atomic E-state index is 0.118. The van der Waals surface area contributed by atoms with Crippen molar-refractivity contribution in [3.63, 3.8) is 0 Å². The SMILES string of the molecule is CCCC(=O)NCCc1cn(Cc2ccccc2Br)c2ccc(OC)cc12. The third-order valence-corrected chi connectivity index (χ3v) is 5.44. The van der Waals surface area contributed by atoms with Crippen LogP contribution in [-0.2, 0) is 17.8 Å². The summed E-state index contributed by atoms with van der Waals surface area (Å²) in [5.74, 6) is 0.962. The fraction of sp³-hybridized carbons (Fsp3) is 0.318. The van der Waals surface area contributed by atoms with E-state index < -0.39 is 0 Å². The molecular formula is C22H25BrN2O2. The van der Waals surface area contributed by atoms with E-state index in [0.717, 1.165) is 29.6 Å². The van der Waals surface area contributed by atoms with Gasteiger partial charge in [-0.3, -0.25) is 4.79 Å². The van der Waals surface area contributed by atoms with Crippen LogP contribution in [0.3, 0.4) is 0 Å². The first-order valence-corrected chi connectivity index (χ1v) is 10.1. The quantitative estimate of drug-likeness (QED) is 0.553. The van der Waals surface area contributed by atoms with Crippen molar-refractivity contribution in [2.75, 3.05) is 13.7 Å². The van der Waals surface area contributed by atoms with Gasteiger partial charge in [-0.25, -0.2) is 0 Å². The van der Waals surface area contributed by atoms with Crippen molar-refractivity contribution in [2.45, 2.75) is 32.7 Å². The molecule has 3 rings (SSSR count). The largest absolute Gasteiger partial charge is 0.497 e. The van der Waals surface area contributed by atoms with Gasteiger partial charge < -0.3 is 14.6 Å². The van der Waals surface area contributed by atoms with Gasteiger partial charge in [0.05, 0.1) is 7.11 Å². The molecule has 3 aromatic rings. The Morgan fingerprint density at radius 2 is 2.00 bits per heavy atom. The van der Waals surface area contributed by atoms with Crippen LogP contribution < -0.4 is 10.1 Å². The third-order valence-electron chi connectivity index (χ3n) is 4.66. The molecule has 27 heavy (non-hydrogen) atoms. The fourth-order valence-corrected chi connectivity index (χ4v) is 3.68. The van der Waals surface area contributed by atoms with E-state index in [1.807, 2.05) is 19.1 Å². The molecule has 0 radical (unpaired) electrons. The summed E-state index contributed by atoms with van der Waals surface area (Å²) in [4.78, 5) is 11.7.